The van der Waals surface area contributed by atoms with Crippen molar-refractivity contribution in [2.45, 2.75) is 19.5 Å². The number of likely N-dealkylation sites (N-methyl/N-ethyl adjacent to an activating group) is 1. The molecule has 0 radical (unpaired) electrons. The minimum Gasteiger partial charge on any atom is -0.358 e. The van der Waals surface area contributed by atoms with Crippen molar-refractivity contribution in [1.29, 1.82) is 0 Å². The molecule has 0 fully saturated rings. The number of amides is 1. The number of rotatable bonds is 4. The van der Waals surface area contributed by atoms with E-state index in [1.807, 2.05) is 25.1 Å². The summed E-state index contributed by atoms with van der Waals surface area (Å²) in [7, 11) is 1.62. The first-order chi connectivity index (χ1) is 7.54. The van der Waals surface area contributed by atoms with Gasteiger partial charge in [0.15, 0.2) is 0 Å². The lowest BCUT2D eigenvalue weighted by Crippen LogP contribution is -2.40. The highest BCUT2D eigenvalue weighted by Crippen LogP contribution is 2.21. The van der Waals surface area contributed by atoms with E-state index in [0.717, 1.165) is 10.0 Å². The van der Waals surface area contributed by atoms with E-state index in [0.29, 0.717) is 11.6 Å². The van der Waals surface area contributed by atoms with E-state index in [-0.39, 0.29) is 11.9 Å². The average Bonchev–Trinajstić information content (AvgIpc) is 2.26. The summed E-state index contributed by atoms with van der Waals surface area (Å²) in [6, 6.07) is 5.38. The Labute approximate surface area is 109 Å². The zero-order valence-corrected chi connectivity index (χ0v) is 11.5. The minimum atomic E-state index is -0.215. The largest absolute Gasteiger partial charge is 0.358 e. The monoisotopic (exact) mass is 304 g/mol. The summed E-state index contributed by atoms with van der Waals surface area (Å²) in [5.41, 5.74) is 1.07. The number of hydrogen-bond acceptors (Lipinski definition) is 2. The van der Waals surface area contributed by atoms with Crippen LogP contribution in [-0.2, 0) is 11.3 Å². The maximum atomic E-state index is 11.3. The lowest BCUT2D eigenvalue weighted by atomic mass is 10.2. The molecule has 0 saturated heterocycles. The zero-order valence-electron chi connectivity index (χ0n) is 9.18. The molecule has 1 amide bonds. The highest BCUT2D eigenvalue weighted by Gasteiger charge is 2.10. The Morgan fingerprint density at radius 2 is 2.25 bits per heavy atom. The first kappa shape index (κ1) is 13.5. The molecule has 2 N–H and O–H groups in total. The van der Waals surface area contributed by atoms with Crippen LogP contribution >= 0.6 is 27.5 Å². The second-order valence-electron chi connectivity index (χ2n) is 3.45. The third-order valence-corrected chi connectivity index (χ3v) is 3.23. The number of benzene rings is 1. The van der Waals surface area contributed by atoms with Crippen LogP contribution in [0.4, 0.5) is 0 Å². The van der Waals surface area contributed by atoms with Gasteiger partial charge in [0.25, 0.3) is 0 Å². The van der Waals surface area contributed by atoms with E-state index in [1.165, 1.54) is 0 Å². The molecule has 3 nitrogen and oxygen atoms in total. The lowest BCUT2D eigenvalue weighted by molar-refractivity contribution is -0.122. The van der Waals surface area contributed by atoms with Crippen LogP contribution in [0.5, 0.6) is 0 Å². The van der Waals surface area contributed by atoms with Crippen LogP contribution in [0.2, 0.25) is 5.02 Å². The van der Waals surface area contributed by atoms with Crippen molar-refractivity contribution < 1.29 is 4.79 Å². The van der Waals surface area contributed by atoms with Gasteiger partial charge in [0, 0.05) is 23.1 Å². The van der Waals surface area contributed by atoms with E-state index < -0.39 is 0 Å². The van der Waals surface area contributed by atoms with Gasteiger partial charge in [-0.25, -0.2) is 0 Å². The van der Waals surface area contributed by atoms with Crippen LogP contribution < -0.4 is 10.6 Å². The van der Waals surface area contributed by atoms with Crippen molar-refractivity contribution >= 4 is 33.4 Å². The van der Waals surface area contributed by atoms with Gasteiger partial charge >= 0.3 is 0 Å². The number of carbonyl (C=O) groups excluding carboxylic acids is 1. The fourth-order valence-electron chi connectivity index (χ4n) is 1.24. The molecule has 1 aromatic carbocycles. The van der Waals surface area contributed by atoms with Gasteiger partial charge < -0.3 is 10.6 Å². The van der Waals surface area contributed by atoms with Crippen LogP contribution in [0.1, 0.15) is 12.5 Å². The van der Waals surface area contributed by atoms with Crippen LogP contribution in [0.15, 0.2) is 22.7 Å². The molecule has 1 unspecified atom stereocenters. The fraction of sp³-hybridized carbons (Fsp3) is 0.364. The molecule has 1 aromatic rings. The first-order valence-electron chi connectivity index (χ1n) is 4.93. The van der Waals surface area contributed by atoms with Gasteiger partial charge in [0.05, 0.1) is 6.04 Å². The molecule has 0 saturated carbocycles. The number of halogens is 2. The fourth-order valence-corrected chi connectivity index (χ4v) is 2.06. The Balaban J connectivity index is 2.58. The molecule has 1 rings (SSSR count). The summed E-state index contributed by atoms with van der Waals surface area (Å²) < 4.78 is 0.941. The van der Waals surface area contributed by atoms with Crippen molar-refractivity contribution in [3.8, 4) is 0 Å². The number of nitrogens with one attached hydrogen (secondary N) is 2. The normalized spacial score (nSPS) is 12.2. The van der Waals surface area contributed by atoms with Gasteiger partial charge in [-0.15, -0.1) is 0 Å². The smallest absolute Gasteiger partial charge is 0.236 e. The molecule has 1 atom stereocenters. The molecule has 88 valence electrons. The molecule has 0 aromatic heterocycles. The predicted molar refractivity (Wildman–Crippen MR) is 69.5 cm³/mol. The van der Waals surface area contributed by atoms with Crippen molar-refractivity contribution in [3.05, 3.63) is 33.3 Å². The third-order valence-electron chi connectivity index (χ3n) is 2.25. The zero-order chi connectivity index (χ0) is 12.1. The number of carbonyl (C=O) groups is 1. The Kier molecular flexibility index (Phi) is 5.25. The van der Waals surface area contributed by atoms with Gasteiger partial charge in [0.1, 0.15) is 0 Å². The topological polar surface area (TPSA) is 41.1 Å². The predicted octanol–water partition coefficient (Wildman–Crippen LogP) is 2.33. The summed E-state index contributed by atoms with van der Waals surface area (Å²) in [4.78, 5) is 11.3. The van der Waals surface area contributed by atoms with Crippen molar-refractivity contribution in [2.24, 2.45) is 0 Å². The summed E-state index contributed by atoms with van der Waals surface area (Å²) in [5, 5.41) is 6.41. The summed E-state index contributed by atoms with van der Waals surface area (Å²) in [5.74, 6) is -0.0231. The molecule has 0 aliphatic carbocycles. The van der Waals surface area contributed by atoms with Crippen LogP contribution in [0.25, 0.3) is 0 Å². The van der Waals surface area contributed by atoms with Crippen molar-refractivity contribution in [1.82, 2.24) is 10.6 Å². The Hall–Kier alpha value is -0.580. The summed E-state index contributed by atoms with van der Waals surface area (Å²) in [6.07, 6.45) is 0. The summed E-state index contributed by atoms with van der Waals surface area (Å²) >= 11 is 9.26. The molecular formula is C11H14BrClN2O. The standard InChI is InChI=1S/C11H14BrClN2O/c1-7(11(16)14-2)15-6-8-3-4-9(13)5-10(8)12/h3-5,7,15H,6H2,1-2H3,(H,14,16). The molecule has 0 heterocycles. The molecular weight excluding hydrogens is 291 g/mol. The molecule has 0 aliphatic heterocycles. The SMILES string of the molecule is CNC(=O)C(C)NCc1ccc(Cl)cc1Br. The number of hydrogen-bond donors (Lipinski definition) is 2. The third kappa shape index (κ3) is 3.77. The molecule has 0 aliphatic rings. The van der Waals surface area contributed by atoms with Gasteiger partial charge in [-0.1, -0.05) is 33.6 Å². The van der Waals surface area contributed by atoms with Gasteiger partial charge in [0.2, 0.25) is 5.91 Å². The lowest BCUT2D eigenvalue weighted by Gasteiger charge is -2.13. The highest BCUT2D eigenvalue weighted by molar-refractivity contribution is 9.10. The Morgan fingerprint density at radius 3 is 2.81 bits per heavy atom. The van der Waals surface area contributed by atoms with Gasteiger partial charge in [-0.3, -0.25) is 4.79 Å². The van der Waals surface area contributed by atoms with Crippen LogP contribution in [0.3, 0.4) is 0 Å². The molecule has 0 bridgehead atoms. The average molecular weight is 306 g/mol. The second kappa shape index (κ2) is 6.23. The van der Waals surface area contributed by atoms with Crippen LogP contribution in [0, 0.1) is 0 Å². The summed E-state index contributed by atoms with van der Waals surface area (Å²) in [6.45, 7) is 2.44. The first-order valence-corrected chi connectivity index (χ1v) is 6.10. The maximum Gasteiger partial charge on any atom is 0.236 e. The highest BCUT2D eigenvalue weighted by atomic mass is 79.9. The van der Waals surface area contributed by atoms with Crippen molar-refractivity contribution in [3.63, 3.8) is 0 Å². The minimum absolute atomic E-state index is 0.0231. The van der Waals surface area contributed by atoms with Gasteiger partial charge in [-0.2, -0.15) is 0 Å². The second-order valence-corrected chi connectivity index (χ2v) is 4.74. The molecule has 0 spiro atoms. The Bertz CT molecular complexity index is 384. The van der Waals surface area contributed by atoms with E-state index >= 15 is 0 Å². The van der Waals surface area contributed by atoms with E-state index in [1.54, 1.807) is 7.05 Å². The maximum absolute atomic E-state index is 11.3. The molecule has 5 heteroatoms. The van der Waals surface area contributed by atoms with E-state index in [9.17, 15) is 4.79 Å². The molecule has 16 heavy (non-hydrogen) atoms. The van der Waals surface area contributed by atoms with Crippen molar-refractivity contribution in [2.75, 3.05) is 7.05 Å². The van der Waals surface area contributed by atoms with E-state index in [4.69, 9.17) is 11.6 Å². The Morgan fingerprint density at radius 1 is 1.56 bits per heavy atom. The van der Waals surface area contributed by atoms with E-state index in [2.05, 4.69) is 26.6 Å². The van der Waals surface area contributed by atoms with Gasteiger partial charge in [-0.05, 0) is 24.6 Å². The quantitative estimate of drug-likeness (QED) is 0.896. The van der Waals surface area contributed by atoms with Crippen LogP contribution in [-0.4, -0.2) is 19.0 Å².